The standard InChI is InChI=1S/C11H16INO/c1-3-9(14)7-13-11-6-4-5-10(12)8(11)2/h4-6,9,13-14H,3,7H2,1-2H3. The van der Waals surface area contributed by atoms with E-state index in [1.807, 2.05) is 19.1 Å². The molecule has 0 saturated heterocycles. The number of hydrogen-bond acceptors (Lipinski definition) is 2. The second kappa shape index (κ2) is 5.56. The number of benzene rings is 1. The summed E-state index contributed by atoms with van der Waals surface area (Å²) in [6.07, 6.45) is 0.531. The van der Waals surface area contributed by atoms with Crippen molar-refractivity contribution in [1.29, 1.82) is 0 Å². The molecule has 1 aromatic rings. The Morgan fingerprint density at radius 1 is 1.50 bits per heavy atom. The van der Waals surface area contributed by atoms with Gasteiger partial charge >= 0.3 is 0 Å². The van der Waals surface area contributed by atoms with Gasteiger partial charge in [0.05, 0.1) is 6.10 Å². The Bertz CT molecular complexity index is 301. The molecule has 1 aromatic carbocycles. The van der Waals surface area contributed by atoms with E-state index in [1.165, 1.54) is 9.13 Å². The van der Waals surface area contributed by atoms with Crippen LogP contribution in [0.25, 0.3) is 0 Å². The van der Waals surface area contributed by atoms with Crippen LogP contribution < -0.4 is 5.32 Å². The summed E-state index contributed by atoms with van der Waals surface area (Å²) < 4.78 is 1.25. The van der Waals surface area contributed by atoms with Crippen molar-refractivity contribution in [2.24, 2.45) is 0 Å². The zero-order valence-corrected chi connectivity index (χ0v) is 10.7. The average Bonchev–Trinajstić information content (AvgIpc) is 2.20. The van der Waals surface area contributed by atoms with E-state index < -0.39 is 0 Å². The maximum atomic E-state index is 9.42. The summed E-state index contributed by atoms with van der Waals surface area (Å²) in [5.74, 6) is 0. The molecule has 1 unspecified atom stereocenters. The molecule has 0 saturated carbocycles. The van der Waals surface area contributed by atoms with E-state index in [1.54, 1.807) is 0 Å². The molecule has 2 nitrogen and oxygen atoms in total. The summed E-state index contributed by atoms with van der Waals surface area (Å²) >= 11 is 2.31. The molecule has 2 N–H and O–H groups in total. The van der Waals surface area contributed by atoms with E-state index in [-0.39, 0.29) is 6.10 Å². The maximum Gasteiger partial charge on any atom is 0.0709 e. The van der Waals surface area contributed by atoms with Crippen molar-refractivity contribution in [2.45, 2.75) is 26.4 Å². The lowest BCUT2D eigenvalue weighted by Crippen LogP contribution is -2.18. The number of aliphatic hydroxyl groups is 1. The van der Waals surface area contributed by atoms with E-state index in [9.17, 15) is 5.11 Å². The first-order valence-electron chi connectivity index (χ1n) is 4.82. The first-order valence-corrected chi connectivity index (χ1v) is 5.90. The molecule has 1 atom stereocenters. The predicted octanol–water partition coefficient (Wildman–Crippen LogP) is 2.78. The molecule has 0 bridgehead atoms. The fraction of sp³-hybridized carbons (Fsp3) is 0.455. The zero-order chi connectivity index (χ0) is 10.6. The van der Waals surface area contributed by atoms with Crippen molar-refractivity contribution in [2.75, 3.05) is 11.9 Å². The van der Waals surface area contributed by atoms with Crippen LogP contribution in [0.4, 0.5) is 5.69 Å². The number of anilines is 1. The highest BCUT2D eigenvalue weighted by atomic mass is 127. The molecule has 0 aliphatic rings. The van der Waals surface area contributed by atoms with Crippen LogP contribution >= 0.6 is 22.6 Å². The van der Waals surface area contributed by atoms with Gasteiger partial charge in [0.25, 0.3) is 0 Å². The van der Waals surface area contributed by atoms with E-state index in [0.717, 1.165) is 12.1 Å². The van der Waals surface area contributed by atoms with Crippen LogP contribution in [-0.4, -0.2) is 17.8 Å². The van der Waals surface area contributed by atoms with Gasteiger partial charge in [-0.05, 0) is 53.6 Å². The summed E-state index contributed by atoms with van der Waals surface area (Å²) in [4.78, 5) is 0. The van der Waals surface area contributed by atoms with Gasteiger partial charge in [-0.3, -0.25) is 0 Å². The van der Waals surface area contributed by atoms with Gasteiger partial charge in [0, 0.05) is 15.8 Å². The zero-order valence-electron chi connectivity index (χ0n) is 8.55. The van der Waals surface area contributed by atoms with Gasteiger partial charge < -0.3 is 10.4 Å². The molecule has 0 aromatic heterocycles. The summed E-state index contributed by atoms with van der Waals surface area (Å²) in [7, 11) is 0. The Kier molecular flexibility index (Phi) is 4.68. The van der Waals surface area contributed by atoms with Crippen LogP contribution in [0.1, 0.15) is 18.9 Å². The number of hydrogen-bond donors (Lipinski definition) is 2. The van der Waals surface area contributed by atoms with E-state index >= 15 is 0 Å². The van der Waals surface area contributed by atoms with Gasteiger partial charge in [-0.2, -0.15) is 0 Å². The van der Waals surface area contributed by atoms with E-state index in [0.29, 0.717) is 6.54 Å². The summed E-state index contributed by atoms with van der Waals surface area (Å²) in [6.45, 7) is 4.69. The molecule has 0 heterocycles. The lowest BCUT2D eigenvalue weighted by atomic mass is 10.2. The van der Waals surface area contributed by atoms with Gasteiger partial charge in [-0.1, -0.05) is 13.0 Å². The highest BCUT2D eigenvalue weighted by Gasteiger charge is 2.03. The first-order chi connectivity index (χ1) is 6.65. The van der Waals surface area contributed by atoms with Crippen LogP contribution in [0, 0.1) is 10.5 Å². The van der Waals surface area contributed by atoms with Gasteiger partial charge in [0.2, 0.25) is 0 Å². The second-order valence-electron chi connectivity index (χ2n) is 3.36. The number of rotatable bonds is 4. The Morgan fingerprint density at radius 2 is 2.21 bits per heavy atom. The number of aliphatic hydroxyl groups excluding tert-OH is 1. The Labute approximate surface area is 98.9 Å². The van der Waals surface area contributed by atoms with Gasteiger partial charge in [0.15, 0.2) is 0 Å². The highest BCUT2D eigenvalue weighted by Crippen LogP contribution is 2.20. The lowest BCUT2D eigenvalue weighted by Gasteiger charge is -2.13. The molecule has 0 amide bonds. The molecule has 0 spiro atoms. The van der Waals surface area contributed by atoms with Crippen molar-refractivity contribution >= 4 is 28.3 Å². The minimum Gasteiger partial charge on any atom is -0.391 e. The quantitative estimate of drug-likeness (QED) is 0.839. The molecular weight excluding hydrogens is 289 g/mol. The molecule has 0 radical (unpaired) electrons. The van der Waals surface area contributed by atoms with Crippen molar-refractivity contribution < 1.29 is 5.11 Å². The van der Waals surface area contributed by atoms with Crippen molar-refractivity contribution in [3.8, 4) is 0 Å². The molecule has 78 valence electrons. The Balaban J connectivity index is 2.63. The van der Waals surface area contributed by atoms with Crippen LogP contribution in [0.5, 0.6) is 0 Å². The maximum absolute atomic E-state index is 9.42. The van der Waals surface area contributed by atoms with Crippen molar-refractivity contribution in [3.05, 3.63) is 27.3 Å². The fourth-order valence-electron chi connectivity index (χ4n) is 1.17. The van der Waals surface area contributed by atoms with E-state index in [4.69, 9.17) is 0 Å². The average molecular weight is 305 g/mol. The molecule has 14 heavy (non-hydrogen) atoms. The summed E-state index contributed by atoms with van der Waals surface area (Å²) in [6, 6.07) is 6.15. The minimum atomic E-state index is -0.257. The summed E-state index contributed by atoms with van der Waals surface area (Å²) in [5, 5.41) is 12.7. The normalized spacial score (nSPS) is 12.6. The predicted molar refractivity (Wildman–Crippen MR) is 68.7 cm³/mol. The fourth-order valence-corrected chi connectivity index (χ4v) is 1.67. The molecule has 0 aliphatic carbocycles. The van der Waals surface area contributed by atoms with Gasteiger partial charge in [-0.15, -0.1) is 0 Å². The third-order valence-electron chi connectivity index (χ3n) is 2.27. The topological polar surface area (TPSA) is 32.3 Å². The lowest BCUT2D eigenvalue weighted by molar-refractivity contribution is 0.183. The minimum absolute atomic E-state index is 0.257. The third kappa shape index (κ3) is 3.13. The van der Waals surface area contributed by atoms with Crippen LogP contribution in [0.3, 0.4) is 0 Å². The van der Waals surface area contributed by atoms with E-state index in [2.05, 4.69) is 40.9 Å². The van der Waals surface area contributed by atoms with Gasteiger partial charge in [-0.25, -0.2) is 0 Å². The van der Waals surface area contributed by atoms with Crippen LogP contribution in [0.15, 0.2) is 18.2 Å². The number of nitrogens with one attached hydrogen (secondary N) is 1. The highest BCUT2D eigenvalue weighted by molar-refractivity contribution is 14.1. The van der Waals surface area contributed by atoms with Crippen LogP contribution in [0.2, 0.25) is 0 Å². The molecule has 3 heteroatoms. The second-order valence-corrected chi connectivity index (χ2v) is 4.52. The third-order valence-corrected chi connectivity index (χ3v) is 3.44. The molecule has 0 fully saturated rings. The smallest absolute Gasteiger partial charge is 0.0709 e. The van der Waals surface area contributed by atoms with Crippen LogP contribution in [-0.2, 0) is 0 Å². The molecule has 0 aliphatic heterocycles. The summed E-state index contributed by atoms with van der Waals surface area (Å²) in [5.41, 5.74) is 2.36. The molecule has 1 rings (SSSR count). The Hall–Kier alpha value is -0.290. The Morgan fingerprint density at radius 3 is 2.86 bits per heavy atom. The van der Waals surface area contributed by atoms with Crippen molar-refractivity contribution in [1.82, 2.24) is 0 Å². The molecular formula is C11H16INO. The van der Waals surface area contributed by atoms with Gasteiger partial charge in [0.1, 0.15) is 0 Å². The monoisotopic (exact) mass is 305 g/mol. The number of halogens is 1. The van der Waals surface area contributed by atoms with Crippen molar-refractivity contribution in [3.63, 3.8) is 0 Å². The largest absolute Gasteiger partial charge is 0.391 e. The first kappa shape index (κ1) is 11.8. The SMILES string of the molecule is CCC(O)CNc1cccc(I)c1C.